The molecule has 0 atom stereocenters. The van der Waals surface area contributed by atoms with Gasteiger partial charge < -0.3 is 16.4 Å². The summed E-state index contributed by atoms with van der Waals surface area (Å²) in [5.74, 6) is 0.407. The van der Waals surface area contributed by atoms with Crippen LogP contribution in [0.15, 0.2) is 29.3 Å². The van der Waals surface area contributed by atoms with Crippen LogP contribution in [0.3, 0.4) is 0 Å². The quantitative estimate of drug-likeness (QED) is 0.203. The molecule has 0 aliphatic rings. The number of nitrogens with zero attached hydrogens (tertiary/aromatic N) is 1. The van der Waals surface area contributed by atoms with E-state index in [1.54, 1.807) is 6.07 Å². The maximum absolute atomic E-state index is 11.8. The fourth-order valence-electron chi connectivity index (χ4n) is 2.43. The van der Waals surface area contributed by atoms with E-state index in [2.05, 4.69) is 22.5 Å². The third-order valence-electron chi connectivity index (χ3n) is 3.79. The number of amides is 1. The second-order valence-electron chi connectivity index (χ2n) is 5.96. The maximum Gasteiger partial charge on any atom is 0.251 e. The minimum absolute atomic E-state index is 0. The van der Waals surface area contributed by atoms with Crippen molar-refractivity contribution in [1.82, 2.24) is 10.6 Å². The molecule has 1 rings (SSSR count). The van der Waals surface area contributed by atoms with Gasteiger partial charge in [0.1, 0.15) is 0 Å². The molecule has 6 heteroatoms. The highest BCUT2D eigenvalue weighted by Crippen LogP contribution is 2.07. The van der Waals surface area contributed by atoms with Crippen LogP contribution in [-0.2, 0) is 6.54 Å². The third-order valence-corrected chi connectivity index (χ3v) is 3.79. The Morgan fingerprint density at radius 1 is 1.08 bits per heavy atom. The molecule has 0 saturated heterocycles. The number of rotatable bonds is 11. The molecule has 0 radical (unpaired) electrons. The summed E-state index contributed by atoms with van der Waals surface area (Å²) in [7, 11) is 0. The first-order valence-corrected chi connectivity index (χ1v) is 9.08. The predicted molar refractivity (Wildman–Crippen MR) is 117 cm³/mol. The fraction of sp³-hybridized carbons (Fsp3) is 0.579. The third kappa shape index (κ3) is 11.0. The zero-order valence-corrected chi connectivity index (χ0v) is 17.8. The Bertz CT molecular complexity index is 520. The zero-order valence-electron chi connectivity index (χ0n) is 15.5. The number of nitrogens with two attached hydrogens (primary N) is 1. The van der Waals surface area contributed by atoms with Crippen LogP contribution in [0.1, 0.15) is 68.3 Å². The molecular formula is C19H33IN4O. The SMILES string of the molecule is CCCCCCCCNC(N)=NCc1cccc(C(=O)NCC)c1.I. The first-order chi connectivity index (χ1) is 11.7. The Morgan fingerprint density at radius 2 is 1.80 bits per heavy atom. The van der Waals surface area contributed by atoms with E-state index >= 15 is 0 Å². The number of halogens is 1. The Balaban J connectivity index is 0.00000576. The fourth-order valence-corrected chi connectivity index (χ4v) is 2.43. The molecule has 1 aromatic carbocycles. The van der Waals surface area contributed by atoms with Gasteiger partial charge in [-0.1, -0.05) is 51.2 Å². The number of benzene rings is 1. The average molecular weight is 460 g/mol. The zero-order chi connectivity index (χ0) is 17.6. The van der Waals surface area contributed by atoms with Crippen molar-refractivity contribution in [2.24, 2.45) is 10.7 Å². The molecule has 0 aliphatic carbocycles. The number of carbonyl (C=O) groups is 1. The number of carbonyl (C=O) groups excluding carboxylic acids is 1. The Labute approximate surface area is 169 Å². The Morgan fingerprint density at radius 3 is 2.52 bits per heavy atom. The normalized spacial score (nSPS) is 10.9. The van der Waals surface area contributed by atoms with E-state index in [4.69, 9.17) is 5.73 Å². The van der Waals surface area contributed by atoms with E-state index in [1.165, 1.54) is 32.1 Å². The van der Waals surface area contributed by atoms with Crippen molar-refractivity contribution in [3.63, 3.8) is 0 Å². The monoisotopic (exact) mass is 460 g/mol. The van der Waals surface area contributed by atoms with Crippen LogP contribution in [0.5, 0.6) is 0 Å². The average Bonchev–Trinajstić information content (AvgIpc) is 2.59. The van der Waals surface area contributed by atoms with Crippen LogP contribution in [0.25, 0.3) is 0 Å². The first-order valence-electron chi connectivity index (χ1n) is 9.08. The summed E-state index contributed by atoms with van der Waals surface area (Å²) < 4.78 is 0. The minimum atomic E-state index is -0.0579. The van der Waals surface area contributed by atoms with E-state index in [9.17, 15) is 4.79 Å². The first kappa shape index (κ1) is 23.7. The molecule has 0 spiro atoms. The lowest BCUT2D eigenvalue weighted by Gasteiger charge is -2.07. The van der Waals surface area contributed by atoms with Gasteiger partial charge in [-0.05, 0) is 31.0 Å². The van der Waals surface area contributed by atoms with Crippen LogP contribution < -0.4 is 16.4 Å². The molecule has 0 saturated carbocycles. The van der Waals surface area contributed by atoms with Gasteiger partial charge in [0, 0.05) is 18.7 Å². The molecule has 5 nitrogen and oxygen atoms in total. The van der Waals surface area contributed by atoms with Crippen molar-refractivity contribution in [2.45, 2.75) is 58.9 Å². The van der Waals surface area contributed by atoms with Crippen LogP contribution in [0.2, 0.25) is 0 Å². The second-order valence-corrected chi connectivity index (χ2v) is 5.96. The number of guanidine groups is 1. The highest BCUT2D eigenvalue weighted by atomic mass is 127. The lowest BCUT2D eigenvalue weighted by molar-refractivity contribution is 0.0955. The van der Waals surface area contributed by atoms with Gasteiger partial charge in [-0.2, -0.15) is 0 Å². The van der Waals surface area contributed by atoms with E-state index in [1.807, 2.05) is 25.1 Å². The van der Waals surface area contributed by atoms with Gasteiger partial charge in [-0.25, -0.2) is 4.99 Å². The lowest BCUT2D eigenvalue weighted by atomic mass is 10.1. The molecule has 142 valence electrons. The van der Waals surface area contributed by atoms with Crippen molar-refractivity contribution >= 4 is 35.8 Å². The highest BCUT2D eigenvalue weighted by Gasteiger charge is 2.04. The molecule has 1 amide bonds. The standard InChI is InChI=1S/C19H32N4O.HI/c1-3-5-6-7-8-9-13-22-19(20)23-15-16-11-10-12-17(14-16)18(24)21-4-2;/h10-12,14H,3-9,13,15H2,1-2H3,(H,21,24)(H3,20,22,23);1H. The van der Waals surface area contributed by atoms with Gasteiger partial charge in [-0.15, -0.1) is 24.0 Å². The summed E-state index contributed by atoms with van der Waals surface area (Å²) in [5, 5.41) is 5.94. The molecular weight excluding hydrogens is 427 g/mol. The van der Waals surface area contributed by atoms with Crippen molar-refractivity contribution in [3.8, 4) is 0 Å². The predicted octanol–water partition coefficient (Wildman–Crippen LogP) is 3.82. The summed E-state index contributed by atoms with van der Waals surface area (Å²) in [6, 6.07) is 7.48. The van der Waals surface area contributed by atoms with Gasteiger partial charge in [0.05, 0.1) is 6.54 Å². The number of unbranched alkanes of at least 4 members (excludes halogenated alkanes) is 5. The minimum Gasteiger partial charge on any atom is -0.370 e. The Hall–Kier alpha value is -1.31. The number of aliphatic imine (C=N–C) groups is 1. The molecule has 0 fully saturated rings. The lowest BCUT2D eigenvalue weighted by Crippen LogP contribution is -2.32. The summed E-state index contributed by atoms with van der Waals surface area (Å²) in [6.07, 6.45) is 7.56. The van der Waals surface area contributed by atoms with Gasteiger partial charge in [0.2, 0.25) is 0 Å². The highest BCUT2D eigenvalue weighted by molar-refractivity contribution is 14.0. The van der Waals surface area contributed by atoms with Crippen LogP contribution in [0.4, 0.5) is 0 Å². The van der Waals surface area contributed by atoms with Gasteiger partial charge >= 0.3 is 0 Å². The van der Waals surface area contributed by atoms with E-state index in [0.29, 0.717) is 24.6 Å². The van der Waals surface area contributed by atoms with Gasteiger partial charge in [0.25, 0.3) is 5.91 Å². The number of hydrogen-bond donors (Lipinski definition) is 3. The topological polar surface area (TPSA) is 79.5 Å². The smallest absolute Gasteiger partial charge is 0.251 e. The van der Waals surface area contributed by atoms with Crippen LogP contribution >= 0.6 is 24.0 Å². The van der Waals surface area contributed by atoms with E-state index in [-0.39, 0.29) is 29.9 Å². The molecule has 0 bridgehead atoms. The maximum atomic E-state index is 11.8. The second kappa shape index (κ2) is 15.0. The number of hydrogen-bond acceptors (Lipinski definition) is 2. The summed E-state index contributed by atoms with van der Waals surface area (Å²) in [6.45, 7) is 6.09. The van der Waals surface area contributed by atoms with Crippen molar-refractivity contribution in [1.29, 1.82) is 0 Å². The molecule has 0 heterocycles. The molecule has 0 aliphatic heterocycles. The Kier molecular flexibility index (Phi) is 14.2. The molecule has 25 heavy (non-hydrogen) atoms. The summed E-state index contributed by atoms with van der Waals surface area (Å²) in [5.41, 5.74) is 7.52. The van der Waals surface area contributed by atoms with E-state index in [0.717, 1.165) is 18.5 Å². The molecule has 0 aromatic heterocycles. The molecule has 1 aromatic rings. The van der Waals surface area contributed by atoms with Crippen LogP contribution in [-0.4, -0.2) is 25.0 Å². The molecule has 0 unspecified atom stereocenters. The van der Waals surface area contributed by atoms with Gasteiger partial charge in [0.15, 0.2) is 5.96 Å². The summed E-state index contributed by atoms with van der Waals surface area (Å²) in [4.78, 5) is 16.2. The van der Waals surface area contributed by atoms with Crippen LogP contribution in [0, 0.1) is 0 Å². The largest absolute Gasteiger partial charge is 0.370 e. The van der Waals surface area contributed by atoms with Crippen molar-refractivity contribution in [3.05, 3.63) is 35.4 Å². The van der Waals surface area contributed by atoms with Crippen molar-refractivity contribution in [2.75, 3.05) is 13.1 Å². The van der Waals surface area contributed by atoms with Gasteiger partial charge in [-0.3, -0.25) is 4.79 Å². The van der Waals surface area contributed by atoms with E-state index < -0.39 is 0 Å². The van der Waals surface area contributed by atoms with Crippen molar-refractivity contribution < 1.29 is 4.79 Å². The summed E-state index contributed by atoms with van der Waals surface area (Å²) >= 11 is 0. The number of nitrogens with one attached hydrogen (secondary N) is 2. The molecule has 4 N–H and O–H groups in total.